The first-order valence-electron chi connectivity index (χ1n) is 6.73. The van der Waals surface area contributed by atoms with Crippen LogP contribution in [0.2, 0.25) is 0 Å². The summed E-state index contributed by atoms with van der Waals surface area (Å²) < 4.78 is 1.00. The summed E-state index contributed by atoms with van der Waals surface area (Å²) in [5.41, 5.74) is 0.794. The van der Waals surface area contributed by atoms with Crippen LogP contribution < -0.4 is 0 Å². The fourth-order valence-corrected chi connectivity index (χ4v) is 2.71. The molecule has 1 heterocycles. The summed E-state index contributed by atoms with van der Waals surface area (Å²) in [7, 11) is 2.14. The third-order valence-corrected chi connectivity index (χ3v) is 4.58. The first-order valence-corrected chi connectivity index (χ1v) is 7.52. The average molecular weight is 325 g/mol. The van der Waals surface area contributed by atoms with Gasteiger partial charge in [0.05, 0.1) is 6.04 Å². The fraction of sp³-hybridized carbons (Fsp3) is 0.533. The van der Waals surface area contributed by atoms with E-state index in [1.165, 1.54) is 0 Å². The van der Waals surface area contributed by atoms with Gasteiger partial charge >= 0.3 is 0 Å². The number of piperazine rings is 1. The van der Waals surface area contributed by atoms with Crippen molar-refractivity contribution in [2.75, 3.05) is 26.7 Å². The molecule has 0 radical (unpaired) electrons. The van der Waals surface area contributed by atoms with Gasteiger partial charge in [0.15, 0.2) is 5.78 Å². The van der Waals surface area contributed by atoms with Gasteiger partial charge in [-0.05, 0) is 33.0 Å². The summed E-state index contributed by atoms with van der Waals surface area (Å²) in [6, 6.07) is 8.09. The molecule has 4 heteroatoms. The lowest BCUT2D eigenvalue weighted by atomic mass is 10.0. The molecule has 0 saturated carbocycles. The minimum Gasteiger partial charge on any atom is -0.301 e. The number of carbonyl (C=O) groups is 1. The molecule has 0 aliphatic carbocycles. The predicted molar refractivity (Wildman–Crippen MR) is 81.6 cm³/mol. The Kier molecular flexibility index (Phi) is 4.76. The molecule has 0 amide bonds. The molecule has 104 valence electrons. The van der Waals surface area contributed by atoms with Crippen LogP contribution in [-0.2, 0) is 0 Å². The molecule has 0 N–H and O–H groups in total. The van der Waals surface area contributed by atoms with Crippen molar-refractivity contribution >= 4 is 21.7 Å². The number of hydrogen-bond donors (Lipinski definition) is 0. The smallest absolute Gasteiger partial charge is 0.179 e. The molecule has 2 rings (SSSR count). The zero-order chi connectivity index (χ0) is 14.0. The zero-order valence-corrected chi connectivity index (χ0v) is 13.4. The lowest BCUT2D eigenvalue weighted by molar-refractivity contribution is 0.0603. The number of rotatable bonds is 3. The molecule has 0 aromatic heterocycles. The Morgan fingerprint density at radius 3 is 2.53 bits per heavy atom. The Morgan fingerprint density at radius 1 is 1.32 bits per heavy atom. The van der Waals surface area contributed by atoms with Crippen LogP contribution in [0.3, 0.4) is 0 Å². The standard InChI is InChI=1S/C15H21BrN2O/c1-11-10-18(9-8-17(11)3)12(2)15(19)13-4-6-14(16)7-5-13/h4-7,11-12H,8-10H2,1-3H3. The summed E-state index contributed by atoms with van der Waals surface area (Å²) >= 11 is 3.40. The monoisotopic (exact) mass is 324 g/mol. The quantitative estimate of drug-likeness (QED) is 0.799. The average Bonchev–Trinajstić information content (AvgIpc) is 2.41. The van der Waals surface area contributed by atoms with E-state index in [-0.39, 0.29) is 11.8 Å². The first-order chi connectivity index (χ1) is 8.99. The van der Waals surface area contributed by atoms with Crippen molar-refractivity contribution in [2.24, 2.45) is 0 Å². The summed E-state index contributed by atoms with van der Waals surface area (Å²) in [5.74, 6) is 0.212. The fourth-order valence-electron chi connectivity index (χ4n) is 2.45. The Morgan fingerprint density at radius 2 is 1.95 bits per heavy atom. The summed E-state index contributed by atoms with van der Waals surface area (Å²) in [6.45, 7) is 7.18. The first kappa shape index (κ1) is 14.7. The van der Waals surface area contributed by atoms with Gasteiger partial charge in [0, 0.05) is 35.7 Å². The highest BCUT2D eigenvalue weighted by molar-refractivity contribution is 9.10. The van der Waals surface area contributed by atoms with Crippen LogP contribution >= 0.6 is 15.9 Å². The maximum atomic E-state index is 12.5. The topological polar surface area (TPSA) is 23.6 Å². The number of halogens is 1. The molecule has 1 aromatic carbocycles. The van der Waals surface area contributed by atoms with E-state index in [2.05, 4.69) is 39.7 Å². The van der Waals surface area contributed by atoms with E-state index in [1.54, 1.807) is 0 Å². The van der Waals surface area contributed by atoms with Gasteiger partial charge in [-0.2, -0.15) is 0 Å². The molecule has 1 aliphatic heterocycles. The number of nitrogens with zero attached hydrogens (tertiary/aromatic N) is 2. The molecular weight excluding hydrogens is 304 g/mol. The molecule has 1 saturated heterocycles. The zero-order valence-electron chi connectivity index (χ0n) is 11.8. The van der Waals surface area contributed by atoms with Crippen LogP contribution in [0.1, 0.15) is 24.2 Å². The number of likely N-dealkylation sites (N-methyl/N-ethyl adjacent to an activating group) is 1. The van der Waals surface area contributed by atoms with Crippen LogP contribution in [0.4, 0.5) is 0 Å². The third-order valence-electron chi connectivity index (χ3n) is 4.05. The Labute approximate surface area is 123 Å². The summed E-state index contributed by atoms with van der Waals surface area (Å²) in [5, 5.41) is 0. The van der Waals surface area contributed by atoms with Crippen LogP contribution in [0.15, 0.2) is 28.7 Å². The molecule has 3 nitrogen and oxygen atoms in total. The molecule has 1 aliphatic rings. The summed E-state index contributed by atoms with van der Waals surface area (Å²) in [4.78, 5) is 17.1. The highest BCUT2D eigenvalue weighted by Gasteiger charge is 2.28. The molecular formula is C15H21BrN2O. The lowest BCUT2D eigenvalue weighted by Gasteiger charge is -2.40. The minimum absolute atomic E-state index is 0.0441. The second kappa shape index (κ2) is 6.16. The van der Waals surface area contributed by atoms with Crippen molar-refractivity contribution in [1.29, 1.82) is 0 Å². The van der Waals surface area contributed by atoms with Crippen molar-refractivity contribution in [3.8, 4) is 0 Å². The molecule has 19 heavy (non-hydrogen) atoms. The highest BCUT2D eigenvalue weighted by atomic mass is 79.9. The van der Waals surface area contributed by atoms with Gasteiger partial charge in [-0.3, -0.25) is 9.69 Å². The number of benzene rings is 1. The van der Waals surface area contributed by atoms with Crippen molar-refractivity contribution in [2.45, 2.75) is 25.9 Å². The second-order valence-electron chi connectivity index (χ2n) is 5.37. The summed E-state index contributed by atoms with van der Waals surface area (Å²) in [6.07, 6.45) is 0. The van der Waals surface area contributed by atoms with Gasteiger partial charge in [0.1, 0.15) is 0 Å². The van der Waals surface area contributed by atoms with Crippen LogP contribution in [0.25, 0.3) is 0 Å². The SMILES string of the molecule is CC1CN(C(C)C(=O)c2ccc(Br)cc2)CCN1C. The van der Waals surface area contributed by atoms with Crippen LogP contribution in [0, 0.1) is 0 Å². The van der Waals surface area contributed by atoms with Gasteiger partial charge < -0.3 is 4.90 Å². The number of hydrogen-bond acceptors (Lipinski definition) is 3. The molecule has 1 fully saturated rings. The van der Waals surface area contributed by atoms with Crippen LogP contribution in [-0.4, -0.2) is 54.3 Å². The molecule has 0 spiro atoms. The van der Waals surface area contributed by atoms with Crippen molar-refractivity contribution in [3.05, 3.63) is 34.3 Å². The Bertz CT molecular complexity index is 446. The van der Waals surface area contributed by atoms with Gasteiger partial charge in [0.25, 0.3) is 0 Å². The second-order valence-corrected chi connectivity index (χ2v) is 6.29. The van der Waals surface area contributed by atoms with E-state index in [0.717, 1.165) is 29.7 Å². The van der Waals surface area contributed by atoms with Crippen molar-refractivity contribution in [3.63, 3.8) is 0 Å². The van der Waals surface area contributed by atoms with E-state index in [4.69, 9.17) is 0 Å². The number of ketones is 1. The molecule has 2 unspecified atom stereocenters. The van der Waals surface area contributed by atoms with Crippen molar-refractivity contribution < 1.29 is 4.79 Å². The molecule has 0 bridgehead atoms. The molecule has 1 aromatic rings. The number of Topliss-reactive ketones (excluding diaryl/α,β-unsaturated/α-hetero) is 1. The van der Waals surface area contributed by atoms with Gasteiger partial charge in [0.2, 0.25) is 0 Å². The van der Waals surface area contributed by atoms with Gasteiger partial charge in [-0.15, -0.1) is 0 Å². The normalized spacial score (nSPS) is 23.3. The van der Waals surface area contributed by atoms with E-state index in [9.17, 15) is 4.79 Å². The van der Waals surface area contributed by atoms with Crippen molar-refractivity contribution in [1.82, 2.24) is 9.80 Å². The van der Waals surface area contributed by atoms with Crippen LogP contribution in [0.5, 0.6) is 0 Å². The van der Waals surface area contributed by atoms with E-state index in [1.807, 2.05) is 31.2 Å². The Hall–Kier alpha value is -0.710. The maximum Gasteiger partial charge on any atom is 0.179 e. The van der Waals surface area contributed by atoms with E-state index >= 15 is 0 Å². The Balaban J connectivity index is 2.05. The number of carbonyl (C=O) groups excluding carboxylic acids is 1. The molecule has 2 atom stereocenters. The highest BCUT2D eigenvalue weighted by Crippen LogP contribution is 2.16. The third kappa shape index (κ3) is 3.44. The minimum atomic E-state index is -0.0441. The van der Waals surface area contributed by atoms with E-state index in [0.29, 0.717) is 6.04 Å². The predicted octanol–water partition coefficient (Wildman–Crippen LogP) is 2.66. The largest absolute Gasteiger partial charge is 0.301 e. The van der Waals surface area contributed by atoms with Gasteiger partial charge in [-0.25, -0.2) is 0 Å². The maximum absolute atomic E-state index is 12.5. The van der Waals surface area contributed by atoms with Gasteiger partial charge in [-0.1, -0.05) is 28.1 Å². The lowest BCUT2D eigenvalue weighted by Crippen LogP contribution is -2.54. The van der Waals surface area contributed by atoms with E-state index < -0.39 is 0 Å².